The minimum atomic E-state index is -0.673. The molecule has 0 fully saturated rings. The van der Waals surface area contributed by atoms with E-state index in [1.54, 1.807) is 43.5 Å². The van der Waals surface area contributed by atoms with E-state index in [-0.39, 0.29) is 17.8 Å². The molecule has 0 saturated carbocycles. The maximum atomic E-state index is 12.4. The average molecular weight is 370 g/mol. The standard InChI is InChI=1S/C22H26O5/c1-15(2)22(26-16(3)14-25-4)27-21(24)19-12-10-18(11-13-19)20(23)17-8-6-5-7-9-17/h5-13,15-16,22H,14H2,1-4H3. The van der Waals surface area contributed by atoms with Crippen LogP contribution >= 0.6 is 0 Å². The van der Waals surface area contributed by atoms with E-state index in [1.165, 1.54) is 0 Å². The molecule has 5 heteroatoms. The number of ketones is 1. The number of hydrogen-bond donors (Lipinski definition) is 0. The molecule has 0 spiro atoms. The van der Waals surface area contributed by atoms with Crippen LogP contribution in [0.25, 0.3) is 0 Å². The third kappa shape index (κ3) is 6.01. The third-order valence-electron chi connectivity index (χ3n) is 3.95. The van der Waals surface area contributed by atoms with Crippen molar-refractivity contribution in [2.24, 2.45) is 5.92 Å². The maximum absolute atomic E-state index is 12.4. The van der Waals surface area contributed by atoms with Crippen LogP contribution in [0.2, 0.25) is 0 Å². The van der Waals surface area contributed by atoms with Gasteiger partial charge in [0.1, 0.15) is 0 Å². The molecule has 0 saturated heterocycles. The second kappa shape index (κ2) is 10.00. The molecule has 5 nitrogen and oxygen atoms in total. The molecule has 2 atom stereocenters. The number of hydrogen-bond acceptors (Lipinski definition) is 5. The van der Waals surface area contributed by atoms with Crippen LogP contribution in [-0.2, 0) is 14.2 Å². The summed E-state index contributed by atoms with van der Waals surface area (Å²) in [6.45, 7) is 6.10. The predicted molar refractivity (Wildman–Crippen MR) is 103 cm³/mol. The predicted octanol–water partition coefficient (Wildman–Crippen LogP) is 4.11. The van der Waals surface area contributed by atoms with E-state index in [4.69, 9.17) is 14.2 Å². The molecule has 144 valence electrons. The molecule has 2 aromatic carbocycles. The topological polar surface area (TPSA) is 61.8 Å². The fraction of sp³-hybridized carbons (Fsp3) is 0.364. The van der Waals surface area contributed by atoms with Crippen molar-refractivity contribution in [1.29, 1.82) is 0 Å². The second-order valence-corrected chi connectivity index (χ2v) is 6.69. The lowest BCUT2D eigenvalue weighted by atomic mass is 10.0. The zero-order chi connectivity index (χ0) is 19.8. The molecule has 2 unspecified atom stereocenters. The van der Waals surface area contributed by atoms with Gasteiger partial charge in [0.2, 0.25) is 6.29 Å². The molecular weight excluding hydrogens is 344 g/mol. The van der Waals surface area contributed by atoms with E-state index in [9.17, 15) is 9.59 Å². The van der Waals surface area contributed by atoms with Crippen molar-refractivity contribution in [3.8, 4) is 0 Å². The largest absolute Gasteiger partial charge is 0.432 e. The molecule has 0 heterocycles. The van der Waals surface area contributed by atoms with Crippen molar-refractivity contribution in [3.05, 3.63) is 71.3 Å². The molecule has 0 N–H and O–H groups in total. The highest BCUT2D eigenvalue weighted by atomic mass is 16.7. The number of carbonyl (C=O) groups is 2. The quantitative estimate of drug-likeness (QED) is 0.378. The monoisotopic (exact) mass is 370 g/mol. The summed E-state index contributed by atoms with van der Waals surface area (Å²) in [5, 5.41) is 0. The summed E-state index contributed by atoms with van der Waals surface area (Å²) in [5.41, 5.74) is 1.49. The molecule has 0 bridgehead atoms. The minimum absolute atomic E-state index is 0.00723. The van der Waals surface area contributed by atoms with Crippen LogP contribution in [0.3, 0.4) is 0 Å². The lowest BCUT2D eigenvalue weighted by molar-refractivity contribution is -0.168. The lowest BCUT2D eigenvalue weighted by Gasteiger charge is -2.25. The van der Waals surface area contributed by atoms with Gasteiger partial charge in [0.25, 0.3) is 0 Å². The molecule has 2 aromatic rings. The van der Waals surface area contributed by atoms with Crippen LogP contribution in [0.1, 0.15) is 47.1 Å². The highest BCUT2D eigenvalue weighted by Crippen LogP contribution is 2.16. The Bertz CT molecular complexity index is 737. The first-order chi connectivity index (χ1) is 12.9. The SMILES string of the molecule is COCC(C)OC(OC(=O)c1ccc(C(=O)c2ccccc2)cc1)C(C)C. The highest BCUT2D eigenvalue weighted by Gasteiger charge is 2.22. The first-order valence-electron chi connectivity index (χ1n) is 8.97. The van der Waals surface area contributed by atoms with Gasteiger partial charge in [0.05, 0.1) is 18.3 Å². The molecule has 0 aliphatic heterocycles. The molecule has 0 aliphatic carbocycles. The van der Waals surface area contributed by atoms with Gasteiger partial charge in [-0.15, -0.1) is 0 Å². The first-order valence-corrected chi connectivity index (χ1v) is 8.97. The van der Waals surface area contributed by atoms with Crippen molar-refractivity contribution >= 4 is 11.8 Å². The normalized spacial score (nSPS) is 13.2. The molecule has 0 radical (unpaired) electrons. The number of rotatable bonds is 9. The van der Waals surface area contributed by atoms with Gasteiger partial charge in [0, 0.05) is 24.2 Å². The summed E-state index contributed by atoms with van der Waals surface area (Å²) in [4.78, 5) is 24.9. The van der Waals surface area contributed by atoms with Gasteiger partial charge in [-0.3, -0.25) is 4.79 Å². The number of esters is 1. The summed E-state index contributed by atoms with van der Waals surface area (Å²) in [6, 6.07) is 15.5. The minimum Gasteiger partial charge on any atom is -0.432 e. The average Bonchev–Trinajstić information content (AvgIpc) is 2.67. The summed E-state index contributed by atoms with van der Waals surface area (Å²) in [5.74, 6) is -0.587. The van der Waals surface area contributed by atoms with Crippen molar-refractivity contribution < 1.29 is 23.8 Å². The van der Waals surface area contributed by atoms with E-state index in [2.05, 4.69) is 0 Å². The second-order valence-electron chi connectivity index (χ2n) is 6.69. The summed E-state index contributed by atoms with van der Waals surface area (Å²) >= 11 is 0. The van der Waals surface area contributed by atoms with Gasteiger partial charge < -0.3 is 14.2 Å². The Kier molecular flexibility index (Phi) is 7.70. The summed E-state index contributed by atoms with van der Waals surface area (Å²) in [7, 11) is 1.59. The van der Waals surface area contributed by atoms with E-state index in [1.807, 2.05) is 39.0 Å². The van der Waals surface area contributed by atoms with Crippen molar-refractivity contribution in [3.63, 3.8) is 0 Å². The molecule has 0 amide bonds. The van der Waals surface area contributed by atoms with E-state index in [0.29, 0.717) is 23.3 Å². The fourth-order valence-electron chi connectivity index (χ4n) is 2.51. The van der Waals surface area contributed by atoms with Gasteiger partial charge in [-0.05, 0) is 19.1 Å². The zero-order valence-electron chi connectivity index (χ0n) is 16.2. The molecule has 2 rings (SSSR count). The number of benzene rings is 2. The van der Waals surface area contributed by atoms with Crippen molar-refractivity contribution in [2.75, 3.05) is 13.7 Å². The van der Waals surface area contributed by atoms with E-state index >= 15 is 0 Å². The number of ether oxygens (including phenoxy) is 3. The smallest absolute Gasteiger partial charge is 0.340 e. The van der Waals surface area contributed by atoms with E-state index in [0.717, 1.165) is 0 Å². The third-order valence-corrected chi connectivity index (χ3v) is 3.95. The molecule has 27 heavy (non-hydrogen) atoms. The first kappa shape index (κ1) is 20.8. The van der Waals surface area contributed by atoms with Gasteiger partial charge in [0.15, 0.2) is 5.78 Å². The molecule has 0 aliphatic rings. The Morgan fingerprint density at radius 3 is 1.96 bits per heavy atom. The van der Waals surface area contributed by atoms with Crippen molar-refractivity contribution in [1.82, 2.24) is 0 Å². The Morgan fingerprint density at radius 1 is 0.852 bits per heavy atom. The Labute approximate surface area is 160 Å². The van der Waals surface area contributed by atoms with Crippen LogP contribution in [0, 0.1) is 5.92 Å². The van der Waals surface area contributed by atoms with Crippen LogP contribution in [-0.4, -0.2) is 37.9 Å². The molecular formula is C22H26O5. The van der Waals surface area contributed by atoms with Crippen LogP contribution < -0.4 is 0 Å². The summed E-state index contributed by atoms with van der Waals surface area (Å²) < 4.78 is 16.3. The Balaban J connectivity index is 2.04. The fourth-order valence-corrected chi connectivity index (χ4v) is 2.51. The van der Waals surface area contributed by atoms with Gasteiger partial charge in [-0.25, -0.2) is 4.79 Å². The van der Waals surface area contributed by atoms with Crippen LogP contribution in [0.4, 0.5) is 0 Å². The van der Waals surface area contributed by atoms with Gasteiger partial charge >= 0.3 is 5.97 Å². The number of methoxy groups -OCH3 is 1. The van der Waals surface area contributed by atoms with Crippen LogP contribution in [0.5, 0.6) is 0 Å². The highest BCUT2D eigenvalue weighted by molar-refractivity contribution is 6.09. The molecule has 0 aromatic heterocycles. The number of carbonyl (C=O) groups excluding carboxylic acids is 2. The van der Waals surface area contributed by atoms with Crippen LogP contribution in [0.15, 0.2) is 54.6 Å². The lowest BCUT2D eigenvalue weighted by Crippen LogP contribution is -2.32. The summed E-state index contributed by atoms with van der Waals surface area (Å²) in [6.07, 6.45) is -0.866. The Hall–Kier alpha value is -2.50. The van der Waals surface area contributed by atoms with Crippen molar-refractivity contribution in [2.45, 2.75) is 33.2 Å². The maximum Gasteiger partial charge on any atom is 0.340 e. The van der Waals surface area contributed by atoms with Gasteiger partial charge in [-0.2, -0.15) is 0 Å². The Morgan fingerprint density at radius 2 is 1.41 bits per heavy atom. The van der Waals surface area contributed by atoms with E-state index < -0.39 is 12.3 Å². The zero-order valence-corrected chi connectivity index (χ0v) is 16.2. The van der Waals surface area contributed by atoms with Gasteiger partial charge in [-0.1, -0.05) is 56.3 Å².